The van der Waals surface area contributed by atoms with Crippen molar-refractivity contribution in [1.82, 2.24) is 0 Å². The van der Waals surface area contributed by atoms with Gasteiger partial charge in [0, 0.05) is 50.3 Å². The summed E-state index contributed by atoms with van der Waals surface area (Å²) in [5.74, 6) is 0. The van der Waals surface area contributed by atoms with Gasteiger partial charge in [0.2, 0.25) is 0 Å². The summed E-state index contributed by atoms with van der Waals surface area (Å²) in [7, 11) is -4.67. The van der Waals surface area contributed by atoms with E-state index in [1.807, 2.05) is 0 Å². The molecule has 0 aromatic carbocycles. The first kappa shape index (κ1) is 22.8. The van der Waals surface area contributed by atoms with E-state index in [-0.39, 0.29) is 50.3 Å². The van der Waals surface area contributed by atoms with Crippen LogP contribution in [0.15, 0.2) is 0 Å². The SMILES string of the molecule is O=S(=O)(O)O.[Co].[Mn].[Ni]. The van der Waals surface area contributed by atoms with E-state index < -0.39 is 10.4 Å². The molecular weight excluding hydrogens is 269 g/mol. The van der Waals surface area contributed by atoms with Gasteiger partial charge in [0.1, 0.15) is 0 Å². The molecule has 2 radical (unpaired) electrons. The Kier molecular flexibility index (Phi) is 23.9. The molecule has 4 nitrogen and oxygen atoms in total. The van der Waals surface area contributed by atoms with Crippen molar-refractivity contribution in [3.8, 4) is 0 Å². The van der Waals surface area contributed by atoms with E-state index in [1.165, 1.54) is 0 Å². The molecule has 8 heteroatoms. The zero-order chi connectivity index (χ0) is 4.50. The number of rotatable bonds is 0. The van der Waals surface area contributed by atoms with Gasteiger partial charge in [0.25, 0.3) is 0 Å². The summed E-state index contributed by atoms with van der Waals surface area (Å²) in [5, 5.41) is 0. The van der Waals surface area contributed by atoms with Gasteiger partial charge in [-0.15, -0.1) is 0 Å². The summed E-state index contributed by atoms with van der Waals surface area (Å²) in [6.07, 6.45) is 0. The number of hydrogen-bond acceptors (Lipinski definition) is 2. The molecule has 0 aromatic heterocycles. The smallest absolute Gasteiger partial charge is 0.264 e. The van der Waals surface area contributed by atoms with Crippen molar-refractivity contribution in [2.75, 3.05) is 0 Å². The summed E-state index contributed by atoms with van der Waals surface area (Å²) in [4.78, 5) is 0. The van der Waals surface area contributed by atoms with Crippen LogP contribution in [-0.2, 0) is 60.7 Å². The third-order valence-electron chi connectivity index (χ3n) is 0. The topological polar surface area (TPSA) is 74.6 Å². The Morgan fingerprint density at radius 3 is 1.12 bits per heavy atom. The van der Waals surface area contributed by atoms with Crippen molar-refractivity contribution >= 4 is 10.4 Å². The van der Waals surface area contributed by atoms with Crippen molar-refractivity contribution in [2.45, 2.75) is 0 Å². The minimum atomic E-state index is -4.67. The summed E-state index contributed by atoms with van der Waals surface area (Å²) < 4.78 is 31.6. The first-order chi connectivity index (χ1) is 2.00. The van der Waals surface area contributed by atoms with Crippen LogP contribution in [0.25, 0.3) is 0 Å². The minimum Gasteiger partial charge on any atom is -0.264 e. The summed E-state index contributed by atoms with van der Waals surface area (Å²) in [6, 6.07) is 0. The molecular formula is H2CoMnNiO4S. The fraction of sp³-hybridized carbons (Fsp3) is 0. The molecule has 0 rings (SSSR count). The van der Waals surface area contributed by atoms with E-state index in [4.69, 9.17) is 17.5 Å². The second-order valence-electron chi connectivity index (χ2n) is 0.448. The molecule has 0 bridgehead atoms. The zero-order valence-corrected chi connectivity index (χ0v) is 7.17. The molecule has 0 saturated heterocycles. The first-order valence-corrected chi connectivity index (χ1v) is 2.10. The molecule has 58 valence electrons. The molecule has 0 fully saturated rings. The van der Waals surface area contributed by atoms with Crippen LogP contribution in [-0.4, -0.2) is 17.5 Å². The molecule has 8 heavy (non-hydrogen) atoms. The predicted octanol–water partition coefficient (Wildman–Crippen LogP) is -0.660. The Hall–Kier alpha value is 1.39. The van der Waals surface area contributed by atoms with E-state index in [0.29, 0.717) is 0 Å². The van der Waals surface area contributed by atoms with E-state index in [2.05, 4.69) is 0 Å². The maximum atomic E-state index is 8.74. The average molecular weight is 271 g/mol. The van der Waals surface area contributed by atoms with Gasteiger partial charge in [-0.1, -0.05) is 0 Å². The van der Waals surface area contributed by atoms with Crippen molar-refractivity contribution in [3.05, 3.63) is 0 Å². The quantitative estimate of drug-likeness (QED) is 0.453. The Morgan fingerprint density at radius 2 is 1.12 bits per heavy atom. The average Bonchev–Trinajstić information content (AvgIpc) is 0.722. The Morgan fingerprint density at radius 1 is 1.12 bits per heavy atom. The van der Waals surface area contributed by atoms with Crippen LogP contribution in [0.5, 0.6) is 0 Å². The van der Waals surface area contributed by atoms with Crippen LogP contribution >= 0.6 is 0 Å². The van der Waals surface area contributed by atoms with Crippen LogP contribution in [0.3, 0.4) is 0 Å². The molecule has 0 aromatic rings. The Labute approximate surface area is 78.0 Å². The third kappa shape index (κ3) is 156. The molecule has 0 unspecified atom stereocenters. The molecule has 0 spiro atoms. The molecule has 0 atom stereocenters. The van der Waals surface area contributed by atoms with Gasteiger partial charge in [-0.25, -0.2) is 0 Å². The third-order valence-corrected chi connectivity index (χ3v) is 0. The normalized spacial score (nSPS) is 7.25. The molecule has 2 N–H and O–H groups in total. The van der Waals surface area contributed by atoms with Crippen LogP contribution in [0.2, 0.25) is 0 Å². The van der Waals surface area contributed by atoms with Gasteiger partial charge in [0.15, 0.2) is 0 Å². The molecule has 0 aliphatic rings. The van der Waals surface area contributed by atoms with Gasteiger partial charge >= 0.3 is 10.4 Å². The van der Waals surface area contributed by atoms with Gasteiger partial charge in [-0.2, -0.15) is 8.42 Å². The molecule has 0 heterocycles. The fourth-order valence-corrected chi connectivity index (χ4v) is 0. The van der Waals surface area contributed by atoms with E-state index in [0.717, 1.165) is 0 Å². The molecule has 0 aliphatic heterocycles. The second kappa shape index (κ2) is 8.39. The van der Waals surface area contributed by atoms with Gasteiger partial charge in [0.05, 0.1) is 0 Å². The zero-order valence-electron chi connectivity index (χ0n) is 3.15. The van der Waals surface area contributed by atoms with Crippen molar-refractivity contribution in [3.63, 3.8) is 0 Å². The van der Waals surface area contributed by atoms with E-state index >= 15 is 0 Å². The first-order valence-electron chi connectivity index (χ1n) is 0.698. The Balaban J connectivity index is -0.0000000267. The summed E-state index contributed by atoms with van der Waals surface area (Å²) in [5.41, 5.74) is 0. The monoisotopic (exact) mass is 270 g/mol. The standard InChI is InChI=1S/Co.Mn.Ni.H2O4S/c;;;1-5(2,3)4/h;;;(H2,1,2,3,4). The van der Waals surface area contributed by atoms with Gasteiger partial charge in [-0.3, -0.25) is 9.11 Å². The molecule has 0 aliphatic carbocycles. The maximum Gasteiger partial charge on any atom is 0.394 e. The summed E-state index contributed by atoms with van der Waals surface area (Å²) in [6.45, 7) is 0. The van der Waals surface area contributed by atoms with Crippen molar-refractivity contribution in [1.29, 1.82) is 0 Å². The molecule has 0 amide bonds. The van der Waals surface area contributed by atoms with Crippen molar-refractivity contribution in [2.24, 2.45) is 0 Å². The maximum absolute atomic E-state index is 8.74. The Bertz CT molecular complexity index is 99.2. The van der Waals surface area contributed by atoms with Crippen LogP contribution < -0.4 is 0 Å². The number of hydrogen-bond donors (Lipinski definition) is 2. The van der Waals surface area contributed by atoms with Crippen molar-refractivity contribution < 1.29 is 67.9 Å². The molecule has 0 saturated carbocycles. The van der Waals surface area contributed by atoms with E-state index in [9.17, 15) is 0 Å². The van der Waals surface area contributed by atoms with Gasteiger partial charge < -0.3 is 0 Å². The van der Waals surface area contributed by atoms with E-state index in [1.54, 1.807) is 0 Å². The second-order valence-corrected chi connectivity index (χ2v) is 1.34. The minimum absolute atomic E-state index is 0. The van der Waals surface area contributed by atoms with Crippen LogP contribution in [0.1, 0.15) is 0 Å². The fourth-order valence-electron chi connectivity index (χ4n) is 0. The predicted molar refractivity (Wildman–Crippen MR) is 14.2 cm³/mol. The van der Waals surface area contributed by atoms with Crippen LogP contribution in [0, 0.1) is 0 Å². The van der Waals surface area contributed by atoms with Crippen LogP contribution in [0.4, 0.5) is 0 Å². The van der Waals surface area contributed by atoms with Gasteiger partial charge in [-0.05, 0) is 0 Å². The summed E-state index contributed by atoms with van der Waals surface area (Å²) >= 11 is 0. The largest absolute Gasteiger partial charge is 0.394 e.